The van der Waals surface area contributed by atoms with Crippen molar-refractivity contribution in [3.05, 3.63) is 29.8 Å². The molecular formula is C11H11F2NO3. The zero-order chi connectivity index (χ0) is 12.4. The van der Waals surface area contributed by atoms with Crippen LogP contribution < -0.4 is 4.74 Å². The van der Waals surface area contributed by atoms with E-state index in [1.165, 1.54) is 4.90 Å². The van der Waals surface area contributed by atoms with E-state index in [9.17, 15) is 13.6 Å². The standard InChI is InChI=1S/C11H11F2NO3/c12-7-3-8(13)5-10(4-7)17-9-1-2-14(6-9)11(15)16/h3-5,9H,1-2,6H2,(H,15,16)/t9-/m1/s1. The molecule has 2 rings (SSSR count). The van der Waals surface area contributed by atoms with Crippen molar-refractivity contribution in [2.45, 2.75) is 12.5 Å². The first kappa shape index (κ1) is 11.6. The number of hydrogen-bond donors (Lipinski definition) is 1. The van der Waals surface area contributed by atoms with E-state index in [1.807, 2.05) is 0 Å². The molecule has 1 aromatic rings. The Bertz CT molecular complexity index is 418. The van der Waals surface area contributed by atoms with Crippen molar-refractivity contribution in [1.82, 2.24) is 4.90 Å². The second kappa shape index (κ2) is 4.57. The molecule has 1 N–H and O–H groups in total. The predicted molar refractivity (Wildman–Crippen MR) is 55.0 cm³/mol. The van der Waals surface area contributed by atoms with Gasteiger partial charge in [-0.05, 0) is 0 Å². The van der Waals surface area contributed by atoms with E-state index in [0.717, 1.165) is 18.2 Å². The number of carboxylic acid groups (broad SMARTS) is 1. The van der Waals surface area contributed by atoms with Gasteiger partial charge in [-0.1, -0.05) is 0 Å². The lowest BCUT2D eigenvalue weighted by Gasteiger charge is -2.14. The summed E-state index contributed by atoms with van der Waals surface area (Å²) >= 11 is 0. The SMILES string of the molecule is O=C(O)N1CC[C@@H](Oc2cc(F)cc(F)c2)C1. The lowest BCUT2D eigenvalue weighted by Crippen LogP contribution is -2.29. The van der Waals surface area contributed by atoms with E-state index in [1.54, 1.807) is 0 Å². The Kier molecular flexibility index (Phi) is 3.12. The summed E-state index contributed by atoms with van der Waals surface area (Å²) in [7, 11) is 0. The molecule has 1 heterocycles. The maximum absolute atomic E-state index is 12.9. The van der Waals surface area contributed by atoms with Crippen molar-refractivity contribution in [2.75, 3.05) is 13.1 Å². The van der Waals surface area contributed by atoms with E-state index in [0.29, 0.717) is 13.0 Å². The summed E-state index contributed by atoms with van der Waals surface area (Å²) in [6.45, 7) is 0.589. The monoisotopic (exact) mass is 243 g/mol. The summed E-state index contributed by atoms with van der Waals surface area (Å²) in [6.07, 6.45) is -0.849. The molecule has 1 fully saturated rings. The molecule has 0 radical (unpaired) electrons. The van der Waals surface area contributed by atoms with Crippen molar-refractivity contribution in [3.8, 4) is 5.75 Å². The number of ether oxygens (including phenoxy) is 1. The number of nitrogens with zero attached hydrogens (tertiary/aromatic N) is 1. The molecule has 0 aliphatic carbocycles. The molecule has 17 heavy (non-hydrogen) atoms. The minimum atomic E-state index is -1.01. The quantitative estimate of drug-likeness (QED) is 0.865. The molecule has 92 valence electrons. The lowest BCUT2D eigenvalue weighted by atomic mass is 10.3. The molecule has 0 unspecified atom stereocenters. The summed E-state index contributed by atoms with van der Waals surface area (Å²) in [5.41, 5.74) is 0. The minimum Gasteiger partial charge on any atom is -0.488 e. The Morgan fingerprint density at radius 1 is 1.35 bits per heavy atom. The molecule has 4 nitrogen and oxygen atoms in total. The largest absolute Gasteiger partial charge is 0.488 e. The number of rotatable bonds is 2. The van der Waals surface area contributed by atoms with Gasteiger partial charge in [-0.3, -0.25) is 0 Å². The Balaban J connectivity index is 2.00. The van der Waals surface area contributed by atoms with Gasteiger partial charge in [0.2, 0.25) is 0 Å². The van der Waals surface area contributed by atoms with E-state index in [-0.39, 0.29) is 18.4 Å². The third-order valence-corrected chi connectivity index (χ3v) is 2.55. The Hall–Kier alpha value is -1.85. The van der Waals surface area contributed by atoms with Crippen LogP contribution in [-0.4, -0.2) is 35.3 Å². The summed E-state index contributed by atoms with van der Waals surface area (Å²) in [6, 6.07) is 2.91. The fourth-order valence-electron chi connectivity index (χ4n) is 1.79. The maximum Gasteiger partial charge on any atom is 0.407 e. The normalized spacial score (nSPS) is 19.4. The number of halogens is 2. The third-order valence-electron chi connectivity index (χ3n) is 2.55. The van der Waals surface area contributed by atoms with E-state index >= 15 is 0 Å². The van der Waals surface area contributed by atoms with Gasteiger partial charge in [0, 0.05) is 31.2 Å². The van der Waals surface area contributed by atoms with Gasteiger partial charge in [0.25, 0.3) is 0 Å². The highest BCUT2D eigenvalue weighted by Crippen LogP contribution is 2.20. The Labute approximate surface area is 96.4 Å². The van der Waals surface area contributed by atoms with Crippen molar-refractivity contribution >= 4 is 6.09 Å². The van der Waals surface area contributed by atoms with Crippen LogP contribution in [0.3, 0.4) is 0 Å². The van der Waals surface area contributed by atoms with E-state index in [2.05, 4.69) is 0 Å². The predicted octanol–water partition coefficient (Wildman–Crippen LogP) is 2.10. The van der Waals surface area contributed by atoms with Crippen molar-refractivity contribution in [2.24, 2.45) is 0 Å². The Morgan fingerprint density at radius 3 is 2.53 bits per heavy atom. The van der Waals surface area contributed by atoms with Crippen LogP contribution in [0.15, 0.2) is 18.2 Å². The smallest absolute Gasteiger partial charge is 0.407 e. The first-order chi connectivity index (χ1) is 8.04. The van der Waals surface area contributed by atoms with Crippen LogP contribution in [0.25, 0.3) is 0 Å². The van der Waals surface area contributed by atoms with Crippen LogP contribution in [-0.2, 0) is 0 Å². The van der Waals surface area contributed by atoms with Gasteiger partial charge in [-0.15, -0.1) is 0 Å². The fourth-order valence-corrected chi connectivity index (χ4v) is 1.79. The molecule has 1 aromatic carbocycles. The van der Waals surface area contributed by atoms with Crippen molar-refractivity contribution in [1.29, 1.82) is 0 Å². The van der Waals surface area contributed by atoms with Gasteiger partial charge >= 0.3 is 6.09 Å². The average Bonchev–Trinajstić information content (AvgIpc) is 2.64. The van der Waals surface area contributed by atoms with Crippen LogP contribution >= 0.6 is 0 Å². The van der Waals surface area contributed by atoms with Gasteiger partial charge in [0.15, 0.2) is 0 Å². The molecule has 1 aliphatic heterocycles. The first-order valence-electron chi connectivity index (χ1n) is 5.15. The third kappa shape index (κ3) is 2.83. The van der Waals surface area contributed by atoms with Crippen LogP contribution in [0, 0.1) is 11.6 Å². The molecule has 0 saturated carbocycles. The highest BCUT2D eigenvalue weighted by atomic mass is 19.1. The van der Waals surface area contributed by atoms with Crippen LogP contribution in [0.5, 0.6) is 5.75 Å². The minimum absolute atomic E-state index is 0.0831. The molecule has 0 aromatic heterocycles. The summed E-state index contributed by atoms with van der Waals surface area (Å²) in [4.78, 5) is 11.9. The zero-order valence-corrected chi connectivity index (χ0v) is 8.90. The van der Waals surface area contributed by atoms with Crippen LogP contribution in [0.4, 0.5) is 13.6 Å². The molecule has 0 bridgehead atoms. The number of amides is 1. The van der Waals surface area contributed by atoms with Gasteiger partial charge in [-0.2, -0.15) is 0 Å². The van der Waals surface area contributed by atoms with Crippen LogP contribution in [0.1, 0.15) is 6.42 Å². The van der Waals surface area contributed by atoms with Gasteiger partial charge < -0.3 is 14.7 Å². The average molecular weight is 243 g/mol. The van der Waals surface area contributed by atoms with Crippen LogP contribution in [0.2, 0.25) is 0 Å². The molecule has 0 spiro atoms. The summed E-state index contributed by atoms with van der Waals surface area (Å²) in [5.74, 6) is -1.35. The number of hydrogen-bond acceptors (Lipinski definition) is 2. The Morgan fingerprint density at radius 2 is 2.00 bits per heavy atom. The highest BCUT2D eigenvalue weighted by Gasteiger charge is 2.27. The second-order valence-corrected chi connectivity index (χ2v) is 3.86. The molecule has 1 amide bonds. The van der Waals surface area contributed by atoms with Gasteiger partial charge in [0.05, 0.1) is 6.54 Å². The van der Waals surface area contributed by atoms with Crippen molar-refractivity contribution in [3.63, 3.8) is 0 Å². The number of benzene rings is 1. The highest BCUT2D eigenvalue weighted by molar-refractivity contribution is 5.65. The molecule has 1 aliphatic rings. The molecule has 1 atom stereocenters. The number of carbonyl (C=O) groups is 1. The summed E-state index contributed by atoms with van der Waals surface area (Å²) in [5, 5.41) is 8.74. The van der Waals surface area contributed by atoms with Crippen molar-refractivity contribution < 1.29 is 23.4 Å². The second-order valence-electron chi connectivity index (χ2n) is 3.86. The first-order valence-corrected chi connectivity index (χ1v) is 5.15. The maximum atomic E-state index is 12.9. The molecule has 6 heteroatoms. The number of likely N-dealkylation sites (tertiary alicyclic amines) is 1. The summed E-state index contributed by atoms with van der Waals surface area (Å²) < 4.78 is 31.1. The lowest BCUT2D eigenvalue weighted by molar-refractivity contribution is 0.145. The topological polar surface area (TPSA) is 49.8 Å². The molecule has 1 saturated heterocycles. The van der Waals surface area contributed by atoms with E-state index in [4.69, 9.17) is 9.84 Å². The zero-order valence-electron chi connectivity index (χ0n) is 8.90. The van der Waals surface area contributed by atoms with Gasteiger partial charge in [-0.25, -0.2) is 13.6 Å². The fraction of sp³-hybridized carbons (Fsp3) is 0.364. The molecular weight excluding hydrogens is 232 g/mol. The van der Waals surface area contributed by atoms with Gasteiger partial charge in [0.1, 0.15) is 23.5 Å². The van der Waals surface area contributed by atoms with E-state index < -0.39 is 17.7 Å².